The van der Waals surface area contributed by atoms with Crippen LogP contribution in [0.2, 0.25) is 0 Å². The van der Waals surface area contributed by atoms with E-state index in [1.165, 1.54) is 24.3 Å². The van der Waals surface area contributed by atoms with Crippen LogP contribution in [-0.2, 0) is 16.4 Å². The summed E-state index contributed by atoms with van der Waals surface area (Å²) in [6, 6.07) is 4.72. The van der Waals surface area contributed by atoms with Gasteiger partial charge in [0.25, 0.3) is 0 Å². The number of rotatable bonds is 7. The Hall–Kier alpha value is -0.830. The molecule has 4 nitrogen and oxygen atoms in total. The smallest absolute Gasteiger partial charge is 0.320 e. The maximum absolute atomic E-state index is 12.2. The number of hydrogen-bond donors (Lipinski definition) is 2. The quantitative estimate of drug-likeness (QED) is 0.743. The maximum Gasteiger partial charge on any atom is 0.393 e. The second-order valence-corrected chi connectivity index (χ2v) is 6.06. The maximum atomic E-state index is 12.2. The van der Waals surface area contributed by atoms with E-state index in [-0.39, 0.29) is 29.4 Å². The Balaban J connectivity index is 0.00000400. The topological polar surface area (TPSA) is 58.2 Å². The van der Waals surface area contributed by atoms with Crippen LogP contribution in [-0.4, -0.2) is 34.7 Å². The summed E-state index contributed by atoms with van der Waals surface area (Å²) in [4.78, 5) is -0.0344. The normalized spacial score (nSPS) is 12.0. The molecular weight excluding hydrogens is 329 g/mol. The molecule has 0 heterocycles. The number of halogens is 4. The van der Waals surface area contributed by atoms with Crippen LogP contribution in [0.1, 0.15) is 12.0 Å². The lowest BCUT2D eigenvalue weighted by molar-refractivity contribution is -0.127. The zero-order valence-electron chi connectivity index (χ0n) is 11.4. The molecule has 0 bridgehead atoms. The highest BCUT2D eigenvalue weighted by atomic mass is 35.5. The van der Waals surface area contributed by atoms with E-state index in [0.29, 0.717) is 13.0 Å². The molecule has 0 atom stereocenters. The van der Waals surface area contributed by atoms with Gasteiger partial charge in [0.15, 0.2) is 0 Å². The minimum Gasteiger partial charge on any atom is -0.320 e. The summed E-state index contributed by atoms with van der Waals surface area (Å²) in [5.74, 6) is 0. The van der Waals surface area contributed by atoms with Gasteiger partial charge in [-0.1, -0.05) is 12.1 Å². The average Bonchev–Trinajstić information content (AvgIpc) is 2.33. The van der Waals surface area contributed by atoms with Gasteiger partial charge in [-0.05, 0) is 37.7 Å². The van der Waals surface area contributed by atoms with Crippen molar-refractivity contribution in [3.8, 4) is 0 Å². The van der Waals surface area contributed by atoms with Gasteiger partial charge in [-0.2, -0.15) is 13.2 Å². The Bertz CT molecular complexity index is 518. The molecular formula is C12H18ClF3N2O2S. The van der Waals surface area contributed by atoms with E-state index < -0.39 is 22.6 Å². The molecule has 0 spiro atoms. The van der Waals surface area contributed by atoms with Crippen molar-refractivity contribution in [3.05, 3.63) is 29.8 Å². The van der Waals surface area contributed by atoms with Gasteiger partial charge >= 0.3 is 6.18 Å². The second kappa shape index (κ2) is 8.57. The zero-order valence-corrected chi connectivity index (χ0v) is 13.0. The monoisotopic (exact) mass is 346 g/mol. The van der Waals surface area contributed by atoms with E-state index in [9.17, 15) is 21.6 Å². The van der Waals surface area contributed by atoms with Crippen molar-refractivity contribution in [1.82, 2.24) is 10.0 Å². The molecule has 1 rings (SSSR count). The lowest BCUT2D eigenvalue weighted by Crippen LogP contribution is -2.26. The van der Waals surface area contributed by atoms with E-state index in [2.05, 4.69) is 10.0 Å². The Kier molecular flexibility index (Phi) is 8.23. The first-order chi connectivity index (χ1) is 9.24. The fourth-order valence-corrected chi connectivity index (χ4v) is 2.65. The highest BCUT2D eigenvalue weighted by molar-refractivity contribution is 7.89. The molecule has 0 unspecified atom stereocenters. The average molecular weight is 347 g/mol. The van der Waals surface area contributed by atoms with Crippen molar-refractivity contribution < 1.29 is 21.6 Å². The molecule has 0 aliphatic heterocycles. The van der Waals surface area contributed by atoms with Crippen LogP contribution < -0.4 is 10.0 Å². The summed E-state index contributed by atoms with van der Waals surface area (Å²) < 4.78 is 62.6. The molecule has 0 saturated carbocycles. The Morgan fingerprint density at radius 1 is 1.10 bits per heavy atom. The predicted octanol–water partition coefficient (Wildman–Crippen LogP) is 2.10. The van der Waals surface area contributed by atoms with Crippen molar-refractivity contribution in [2.45, 2.75) is 23.9 Å². The summed E-state index contributed by atoms with van der Waals surface area (Å²) in [5, 5.41) is 2.88. The first kappa shape index (κ1) is 20.2. The molecule has 1 aromatic carbocycles. The molecule has 0 aliphatic rings. The van der Waals surface area contributed by atoms with Crippen LogP contribution in [0.25, 0.3) is 0 Å². The molecule has 0 aliphatic carbocycles. The van der Waals surface area contributed by atoms with Gasteiger partial charge in [-0.25, -0.2) is 13.1 Å². The Labute approximate surface area is 128 Å². The zero-order chi connectivity index (χ0) is 15.2. The SMILES string of the molecule is CNCCCNS(=O)(=O)c1ccc(CC(F)(F)F)cc1.Cl. The van der Waals surface area contributed by atoms with Gasteiger partial charge in [0.1, 0.15) is 0 Å². The summed E-state index contributed by atoms with van der Waals surface area (Å²) in [7, 11) is -1.90. The minimum atomic E-state index is -4.30. The minimum absolute atomic E-state index is 0. The molecule has 0 saturated heterocycles. The van der Waals surface area contributed by atoms with Crippen LogP contribution in [0, 0.1) is 0 Å². The molecule has 1 aromatic rings. The highest BCUT2D eigenvalue weighted by Crippen LogP contribution is 2.22. The second-order valence-electron chi connectivity index (χ2n) is 4.29. The van der Waals surface area contributed by atoms with Gasteiger partial charge in [-0.3, -0.25) is 0 Å². The molecule has 2 N–H and O–H groups in total. The molecule has 0 radical (unpaired) electrons. The lowest BCUT2D eigenvalue weighted by Gasteiger charge is -2.09. The number of benzene rings is 1. The third-order valence-corrected chi connectivity index (χ3v) is 4.01. The summed E-state index contributed by atoms with van der Waals surface area (Å²) in [6.45, 7) is 0.945. The van der Waals surface area contributed by atoms with Gasteiger partial charge in [0.05, 0.1) is 11.3 Å². The summed E-state index contributed by atoms with van der Waals surface area (Å²) >= 11 is 0. The van der Waals surface area contributed by atoms with Gasteiger partial charge in [0, 0.05) is 6.54 Å². The summed E-state index contributed by atoms with van der Waals surface area (Å²) in [5.41, 5.74) is 0.0339. The van der Waals surface area contributed by atoms with Gasteiger partial charge < -0.3 is 5.32 Å². The van der Waals surface area contributed by atoms with Crippen molar-refractivity contribution in [2.24, 2.45) is 0 Å². The van der Waals surface area contributed by atoms with Crippen molar-refractivity contribution >= 4 is 22.4 Å². The Morgan fingerprint density at radius 2 is 1.67 bits per heavy atom. The highest BCUT2D eigenvalue weighted by Gasteiger charge is 2.27. The first-order valence-electron chi connectivity index (χ1n) is 6.04. The summed E-state index contributed by atoms with van der Waals surface area (Å²) in [6.07, 6.45) is -4.74. The van der Waals surface area contributed by atoms with Gasteiger partial charge in [0.2, 0.25) is 10.0 Å². The molecule has 0 amide bonds. The number of alkyl halides is 3. The number of hydrogen-bond acceptors (Lipinski definition) is 3. The number of nitrogens with one attached hydrogen (secondary N) is 2. The lowest BCUT2D eigenvalue weighted by atomic mass is 10.1. The van der Waals surface area contributed by atoms with E-state index in [0.717, 1.165) is 0 Å². The van der Waals surface area contributed by atoms with Crippen LogP contribution in [0.5, 0.6) is 0 Å². The van der Waals surface area contributed by atoms with Crippen molar-refractivity contribution in [1.29, 1.82) is 0 Å². The largest absolute Gasteiger partial charge is 0.393 e. The van der Waals surface area contributed by atoms with Crippen molar-refractivity contribution in [2.75, 3.05) is 20.1 Å². The van der Waals surface area contributed by atoms with E-state index in [4.69, 9.17) is 0 Å². The van der Waals surface area contributed by atoms with Crippen molar-refractivity contribution in [3.63, 3.8) is 0 Å². The van der Waals surface area contributed by atoms with E-state index in [1.807, 2.05) is 0 Å². The Morgan fingerprint density at radius 3 is 2.14 bits per heavy atom. The van der Waals surface area contributed by atoms with Crippen LogP contribution in [0.15, 0.2) is 29.2 Å². The number of sulfonamides is 1. The first-order valence-corrected chi connectivity index (χ1v) is 7.53. The van der Waals surface area contributed by atoms with Crippen LogP contribution >= 0.6 is 12.4 Å². The fourth-order valence-electron chi connectivity index (χ4n) is 1.57. The van der Waals surface area contributed by atoms with E-state index in [1.54, 1.807) is 7.05 Å². The molecule has 0 fully saturated rings. The standard InChI is InChI=1S/C12H17F3N2O2S.ClH/c1-16-7-2-8-17-20(18,19)11-5-3-10(4-6-11)9-12(13,14)15;/h3-6,16-17H,2,7-9H2,1H3;1H. The molecule has 0 aromatic heterocycles. The fraction of sp³-hybridized carbons (Fsp3) is 0.500. The third kappa shape index (κ3) is 7.66. The van der Waals surface area contributed by atoms with Crippen LogP contribution in [0.3, 0.4) is 0 Å². The molecule has 122 valence electrons. The predicted molar refractivity (Wildman–Crippen MR) is 77.2 cm³/mol. The van der Waals surface area contributed by atoms with Crippen LogP contribution in [0.4, 0.5) is 13.2 Å². The molecule has 9 heteroatoms. The van der Waals surface area contributed by atoms with Gasteiger partial charge in [-0.15, -0.1) is 12.4 Å². The third-order valence-electron chi connectivity index (χ3n) is 2.53. The van der Waals surface area contributed by atoms with E-state index >= 15 is 0 Å². The molecule has 21 heavy (non-hydrogen) atoms.